The van der Waals surface area contributed by atoms with Gasteiger partial charge in [-0.1, -0.05) is 24.3 Å². The summed E-state index contributed by atoms with van der Waals surface area (Å²) in [5.41, 5.74) is 4.37. The molecular weight excluding hydrogens is 396 g/mol. The molecule has 0 aliphatic carbocycles. The number of carbonyl (C=O) groups excluding carboxylic acids is 1. The number of anilines is 1. The fourth-order valence-corrected chi connectivity index (χ4v) is 4.09. The van der Waals surface area contributed by atoms with Crippen LogP contribution in [0.25, 0.3) is 0 Å². The molecule has 4 rings (SSSR count). The average Bonchev–Trinajstić information content (AvgIpc) is 3.19. The summed E-state index contributed by atoms with van der Waals surface area (Å²) in [6.45, 7) is 3.72. The Bertz CT molecular complexity index is 1070. The number of hydrogen-bond donors (Lipinski definition) is 1. The molecule has 1 aromatic heterocycles. The van der Waals surface area contributed by atoms with Gasteiger partial charge in [0.2, 0.25) is 5.91 Å². The number of para-hydroxylation sites is 1. The van der Waals surface area contributed by atoms with Gasteiger partial charge in [0.25, 0.3) is 0 Å². The summed E-state index contributed by atoms with van der Waals surface area (Å²) in [4.78, 5) is 19.1. The Morgan fingerprint density at radius 2 is 1.87 bits per heavy atom. The molecule has 1 amide bonds. The molecule has 6 heteroatoms. The van der Waals surface area contributed by atoms with Crippen LogP contribution in [0.4, 0.5) is 14.5 Å². The third kappa shape index (κ3) is 5.52. The molecule has 0 saturated carbocycles. The van der Waals surface area contributed by atoms with Crippen LogP contribution >= 0.6 is 0 Å². The first-order chi connectivity index (χ1) is 15.0. The first-order valence-corrected chi connectivity index (χ1v) is 10.4. The zero-order valence-corrected chi connectivity index (χ0v) is 17.4. The van der Waals surface area contributed by atoms with Gasteiger partial charge in [-0.15, -0.1) is 0 Å². The van der Waals surface area contributed by atoms with Crippen molar-refractivity contribution < 1.29 is 13.6 Å². The van der Waals surface area contributed by atoms with Gasteiger partial charge in [0.1, 0.15) is 11.6 Å². The summed E-state index contributed by atoms with van der Waals surface area (Å²) < 4.78 is 26.9. The SMILES string of the molecule is Cc1cc(Cc2ccc(F)cc2)cc([C@H]2CCN(CC(=O)Nc3ccccc3F)C2)n1. The number of aromatic nitrogens is 1. The molecule has 0 bridgehead atoms. The Kier molecular flexibility index (Phi) is 6.37. The highest BCUT2D eigenvalue weighted by Gasteiger charge is 2.26. The van der Waals surface area contributed by atoms with Gasteiger partial charge in [-0.2, -0.15) is 0 Å². The molecule has 1 saturated heterocycles. The first kappa shape index (κ1) is 21.1. The van der Waals surface area contributed by atoms with Crippen LogP contribution in [0.5, 0.6) is 0 Å². The molecular formula is C25H25F2N3O. The quantitative estimate of drug-likeness (QED) is 0.628. The standard InChI is InChI=1S/C25H25F2N3O/c1-17-12-19(13-18-6-8-21(26)9-7-18)14-24(28-17)20-10-11-30(15-20)16-25(31)29-23-5-3-2-4-22(23)27/h2-9,12,14,20H,10-11,13,15-16H2,1H3,(H,29,31)/t20-/m0/s1. The number of nitrogens with one attached hydrogen (secondary N) is 1. The normalized spacial score (nSPS) is 16.4. The maximum absolute atomic E-state index is 13.7. The lowest BCUT2D eigenvalue weighted by Gasteiger charge is -2.16. The van der Waals surface area contributed by atoms with Gasteiger partial charge in [-0.05, 0) is 73.8 Å². The van der Waals surface area contributed by atoms with Gasteiger partial charge in [-0.3, -0.25) is 14.7 Å². The molecule has 160 valence electrons. The number of amides is 1. The van der Waals surface area contributed by atoms with E-state index in [9.17, 15) is 13.6 Å². The monoisotopic (exact) mass is 421 g/mol. The van der Waals surface area contributed by atoms with Crippen LogP contribution in [0.2, 0.25) is 0 Å². The second kappa shape index (κ2) is 9.35. The van der Waals surface area contributed by atoms with E-state index in [-0.39, 0.29) is 29.9 Å². The second-order valence-electron chi connectivity index (χ2n) is 8.09. The summed E-state index contributed by atoms with van der Waals surface area (Å²) in [5.74, 6) is -0.652. The molecule has 4 nitrogen and oxygen atoms in total. The van der Waals surface area contributed by atoms with Crippen molar-refractivity contribution in [1.82, 2.24) is 9.88 Å². The van der Waals surface area contributed by atoms with E-state index in [2.05, 4.69) is 22.3 Å². The lowest BCUT2D eigenvalue weighted by Crippen LogP contribution is -2.31. The number of likely N-dealkylation sites (tertiary alicyclic amines) is 1. The lowest BCUT2D eigenvalue weighted by molar-refractivity contribution is -0.117. The van der Waals surface area contributed by atoms with Crippen molar-refractivity contribution in [3.05, 3.63) is 94.8 Å². The van der Waals surface area contributed by atoms with Crippen molar-refractivity contribution in [2.24, 2.45) is 0 Å². The van der Waals surface area contributed by atoms with E-state index in [1.165, 1.54) is 18.2 Å². The summed E-state index contributed by atoms with van der Waals surface area (Å²) in [6.07, 6.45) is 1.64. The number of rotatable bonds is 6. The Morgan fingerprint density at radius 1 is 1.10 bits per heavy atom. The van der Waals surface area contributed by atoms with E-state index < -0.39 is 5.82 Å². The van der Waals surface area contributed by atoms with Crippen molar-refractivity contribution in [1.29, 1.82) is 0 Å². The summed E-state index contributed by atoms with van der Waals surface area (Å²) in [7, 11) is 0. The molecule has 2 heterocycles. The van der Waals surface area contributed by atoms with Crippen molar-refractivity contribution in [2.45, 2.75) is 25.7 Å². The number of nitrogens with zero attached hydrogens (tertiary/aromatic N) is 2. The van der Waals surface area contributed by atoms with Crippen LogP contribution in [-0.2, 0) is 11.2 Å². The van der Waals surface area contributed by atoms with E-state index in [0.717, 1.165) is 48.4 Å². The highest BCUT2D eigenvalue weighted by molar-refractivity contribution is 5.92. The van der Waals surface area contributed by atoms with Crippen LogP contribution in [-0.4, -0.2) is 35.4 Å². The maximum Gasteiger partial charge on any atom is 0.238 e. The highest BCUT2D eigenvalue weighted by atomic mass is 19.1. The fraction of sp³-hybridized carbons (Fsp3) is 0.280. The van der Waals surface area contributed by atoms with E-state index in [1.807, 2.05) is 6.92 Å². The van der Waals surface area contributed by atoms with Gasteiger partial charge in [-0.25, -0.2) is 8.78 Å². The van der Waals surface area contributed by atoms with Gasteiger partial charge in [0, 0.05) is 23.9 Å². The molecule has 1 aliphatic heterocycles. The Hall–Kier alpha value is -3.12. The smallest absolute Gasteiger partial charge is 0.238 e. The minimum atomic E-state index is -0.437. The molecule has 2 aromatic carbocycles. The van der Waals surface area contributed by atoms with Crippen molar-refractivity contribution >= 4 is 11.6 Å². The van der Waals surface area contributed by atoms with E-state index in [1.54, 1.807) is 30.3 Å². The maximum atomic E-state index is 13.7. The zero-order chi connectivity index (χ0) is 21.8. The number of pyridine rings is 1. The summed E-state index contributed by atoms with van der Waals surface area (Å²) in [5, 5.41) is 2.64. The van der Waals surface area contributed by atoms with Gasteiger partial charge < -0.3 is 5.32 Å². The van der Waals surface area contributed by atoms with Crippen molar-refractivity contribution in [3.8, 4) is 0 Å². The van der Waals surface area contributed by atoms with Crippen LogP contribution < -0.4 is 5.32 Å². The Balaban J connectivity index is 1.38. The summed E-state index contributed by atoms with van der Waals surface area (Å²) >= 11 is 0. The minimum Gasteiger partial charge on any atom is -0.322 e. The fourth-order valence-electron chi connectivity index (χ4n) is 4.09. The first-order valence-electron chi connectivity index (χ1n) is 10.4. The zero-order valence-electron chi connectivity index (χ0n) is 17.4. The Morgan fingerprint density at radius 3 is 2.65 bits per heavy atom. The predicted octanol–water partition coefficient (Wildman–Crippen LogP) is 4.69. The van der Waals surface area contributed by atoms with Crippen LogP contribution in [0.15, 0.2) is 60.7 Å². The highest BCUT2D eigenvalue weighted by Crippen LogP contribution is 2.27. The van der Waals surface area contributed by atoms with E-state index in [0.29, 0.717) is 0 Å². The Labute approximate surface area is 180 Å². The summed E-state index contributed by atoms with van der Waals surface area (Å²) in [6, 6.07) is 16.9. The predicted molar refractivity (Wildman–Crippen MR) is 117 cm³/mol. The number of halogens is 2. The number of carbonyl (C=O) groups is 1. The average molecular weight is 421 g/mol. The van der Waals surface area contributed by atoms with Gasteiger partial charge in [0.05, 0.1) is 12.2 Å². The topological polar surface area (TPSA) is 45.2 Å². The number of benzene rings is 2. The minimum absolute atomic E-state index is 0.203. The van der Waals surface area contributed by atoms with Crippen molar-refractivity contribution in [2.75, 3.05) is 25.0 Å². The molecule has 0 unspecified atom stereocenters. The third-order valence-corrected chi connectivity index (χ3v) is 5.56. The molecule has 1 fully saturated rings. The molecule has 1 N–H and O–H groups in total. The van der Waals surface area contributed by atoms with Crippen LogP contribution in [0.3, 0.4) is 0 Å². The number of hydrogen-bond acceptors (Lipinski definition) is 3. The second-order valence-corrected chi connectivity index (χ2v) is 8.09. The number of aryl methyl sites for hydroxylation is 1. The molecule has 0 spiro atoms. The molecule has 3 aromatic rings. The largest absolute Gasteiger partial charge is 0.322 e. The van der Waals surface area contributed by atoms with Gasteiger partial charge >= 0.3 is 0 Å². The molecule has 0 radical (unpaired) electrons. The lowest BCUT2D eigenvalue weighted by atomic mass is 9.98. The van der Waals surface area contributed by atoms with E-state index >= 15 is 0 Å². The van der Waals surface area contributed by atoms with Crippen LogP contribution in [0.1, 0.15) is 34.9 Å². The molecule has 1 atom stereocenters. The molecule has 1 aliphatic rings. The van der Waals surface area contributed by atoms with E-state index in [4.69, 9.17) is 4.98 Å². The molecule has 31 heavy (non-hydrogen) atoms. The van der Waals surface area contributed by atoms with Crippen molar-refractivity contribution in [3.63, 3.8) is 0 Å². The van der Waals surface area contributed by atoms with Crippen LogP contribution in [0, 0.1) is 18.6 Å². The third-order valence-electron chi connectivity index (χ3n) is 5.56. The van der Waals surface area contributed by atoms with Gasteiger partial charge in [0.15, 0.2) is 0 Å².